The maximum atomic E-state index is 12.2. The van der Waals surface area contributed by atoms with E-state index in [1.807, 2.05) is 29.6 Å². The van der Waals surface area contributed by atoms with E-state index in [4.69, 9.17) is 8.83 Å². The first-order valence-electron chi connectivity index (χ1n) is 7.51. The van der Waals surface area contributed by atoms with Gasteiger partial charge in [0, 0.05) is 24.2 Å². The molecule has 0 amide bonds. The minimum absolute atomic E-state index is 0.0628. The van der Waals surface area contributed by atoms with Gasteiger partial charge in [-0.1, -0.05) is 0 Å². The van der Waals surface area contributed by atoms with Gasteiger partial charge in [0.15, 0.2) is 4.96 Å². The van der Waals surface area contributed by atoms with Crippen LogP contribution in [0.25, 0.3) is 4.96 Å². The molecule has 0 fully saturated rings. The van der Waals surface area contributed by atoms with E-state index in [9.17, 15) is 4.79 Å². The van der Waals surface area contributed by atoms with Crippen molar-refractivity contribution in [1.82, 2.24) is 14.3 Å². The summed E-state index contributed by atoms with van der Waals surface area (Å²) < 4.78 is 12.4. The highest BCUT2D eigenvalue weighted by molar-refractivity contribution is 7.15. The predicted octanol–water partition coefficient (Wildman–Crippen LogP) is 3.14. The molecule has 0 saturated carbocycles. The number of rotatable bonds is 6. The number of hydrogen-bond acceptors (Lipinski definition) is 6. The SMILES string of the molecule is O=c1cc(CN(Cc2ccco2)Cc2ccco2)nc2sccn12. The van der Waals surface area contributed by atoms with E-state index in [1.54, 1.807) is 29.2 Å². The minimum atomic E-state index is -0.0628. The van der Waals surface area contributed by atoms with Crippen LogP contribution in [0.5, 0.6) is 0 Å². The van der Waals surface area contributed by atoms with Crippen LogP contribution in [0.3, 0.4) is 0 Å². The summed E-state index contributed by atoms with van der Waals surface area (Å²) in [6, 6.07) is 9.17. The van der Waals surface area contributed by atoms with Crippen LogP contribution in [0.1, 0.15) is 17.2 Å². The first-order chi connectivity index (χ1) is 11.8. The number of fused-ring (bicyclic) bond motifs is 1. The summed E-state index contributed by atoms with van der Waals surface area (Å²) in [5, 5.41) is 1.86. The molecule has 24 heavy (non-hydrogen) atoms. The average Bonchev–Trinajstić information content (AvgIpc) is 3.28. The second-order valence-electron chi connectivity index (χ2n) is 5.45. The van der Waals surface area contributed by atoms with Gasteiger partial charge in [0.05, 0.1) is 31.3 Å². The van der Waals surface area contributed by atoms with Gasteiger partial charge in [0.1, 0.15) is 11.5 Å². The van der Waals surface area contributed by atoms with Crippen LogP contribution in [-0.4, -0.2) is 14.3 Å². The Balaban J connectivity index is 1.60. The van der Waals surface area contributed by atoms with E-state index >= 15 is 0 Å². The molecule has 0 unspecified atom stereocenters. The molecule has 4 rings (SSSR count). The Bertz CT molecular complexity index is 934. The molecule has 0 radical (unpaired) electrons. The lowest BCUT2D eigenvalue weighted by atomic mass is 10.3. The Morgan fingerprint density at radius 1 is 1.08 bits per heavy atom. The largest absolute Gasteiger partial charge is 0.468 e. The molecule has 122 valence electrons. The zero-order chi connectivity index (χ0) is 16.4. The molecule has 0 aliphatic heterocycles. The molecule has 7 heteroatoms. The fraction of sp³-hybridized carbons (Fsp3) is 0.176. The molecule has 4 aromatic heterocycles. The second kappa shape index (κ2) is 6.46. The number of thiazole rings is 1. The van der Waals surface area contributed by atoms with Crippen molar-refractivity contribution in [3.63, 3.8) is 0 Å². The van der Waals surface area contributed by atoms with Crippen molar-refractivity contribution in [2.45, 2.75) is 19.6 Å². The molecule has 0 aromatic carbocycles. The Morgan fingerprint density at radius 2 is 1.79 bits per heavy atom. The van der Waals surface area contributed by atoms with E-state index in [2.05, 4.69) is 9.88 Å². The zero-order valence-corrected chi connectivity index (χ0v) is 13.6. The summed E-state index contributed by atoms with van der Waals surface area (Å²) in [4.78, 5) is 19.6. The topological polar surface area (TPSA) is 63.9 Å². The lowest BCUT2D eigenvalue weighted by Crippen LogP contribution is -2.24. The van der Waals surface area contributed by atoms with Gasteiger partial charge < -0.3 is 8.83 Å². The van der Waals surface area contributed by atoms with Crippen LogP contribution >= 0.6 is 11.3 Å². The van der Waals surface area contributed by atoms with Crippen molar-refractivity contribution in [2.75, 3.05) is 0 Å². The van der Waals surface area contributed by atoms with Gasteiger partial charge in [-0.25, -0.2) is 4.98 Å². The fourth-order valence-corrected chi connectivity index (χ4v) is 3.35. The van der Waals surface area contributed by atoms with E-state index in [-0.39, 0.29) is 5.56 Å². The third-order valence-electron chi connectivity index (χ3n) is 3.66. The van der Waals surface area contributed by atoms with Crippen LogP contribution in [0, 0.1) is 0 Å². The van der Waals surface area contributed by atoms with Crippen molar-refractivity contribution in [3.05, 3.63) is 82.0 Å². The van der Waals surface area contributed by atoms with Crippen LogP contribution in [0.4, 0.5) is 0 Å². The first-order valence-corrected chi connectivity index (χ1v) is 8.39. The lowest BCUT2D eigenvalue weighted by molar-refractivity contribution is 0.207. The van der Waals surface area contributed by atoms with E-state index in [1.165, 1.54) is 11.3 Å². The van der Waals surface area contributed by atoms with Gasteiger partial charge in [0.2, 0.25) is 0 Å². The zero-order valence-electron chi connectivity index (χ0n) is 12.8. The second-order valence-corrected chi connectivity index (χ2v) is 6.32. The maximum absolute atomic E-state index is 12.2. The van der Waals surface area contributed by atoms with Crippen LogP contribution in [-0.2, 0) is 19.6 Å². The molecule has 0 aliphatic carbocycles. The van der Waals surface area contributed by atoms with Crippen LogP contribution < -0.4 is 5.56 Å². The molecular weight excluding hydrogens is 326 g/mol. The molecule has 6 nitrogen and oxygen atoms in total. The molecule has 0 spiro atoms. The molecular formula is C17H15N3O3S. The van der Waals surface area contributed by atoms with Gasteiger partial charge >= 0.3 is 0 Å². The first kappa shape index (κ1) is 14.9. The summed E-state index contributed by atoms with van der Waals surface area (Å²) >= 11 is 1.45. The standard InChI is InChI=1S/C17H15N3O3S/c21-16-9-13(18-17-20(16)5-8-24-17)10-19(11-14-3-1-6-22-14)12-15-4-2-7-23-15/h1-9H,10-12H2. The Kier molecular flexibility index (Phi) is 4.02. The van der Waals surface area contributed by atoms with Gasteiger partial charge in [-0.3, -0.25) is 14.1 Å². The Hall–Kier alpha value is -2.64. The van der Waals surface area contributed by atoms with Crippen molar-refractivity contribution in [1.29, 1.82) is 0 Å². The van der Waals surface area contributed by atoms with E-state index < -0.39 is 0 Å². The number of nitrogens with zero attached hydrogens (tertiary/aromatic N) is 3. The third-order valence-corrected chi connectivity index (χ3v) is 4.42. The smallest absolute Gasteiger partial charge is 0.258 e. The van der Waals surface area contributed by atoms with Gasteiger partial charge in [-0.15, -0.1) is 11.3 Å². The average molecular weight is 341 g/mol. The normalized spacial score (nSPS) is 11.5. The number of aromatic nitrogens is 2. The van der Waals surface area contributed by atoms with E-state index in [0.717, 1.165) is 17.2 Å². The molecule has 0 N–H and O–H groups in total. The van der Waals surface area contributed by atoms with Crippen molar-refractivity contribution < 1.29 is 8.83 Å². The molecule has 4 heterocycles. The Morgan fingerprint density at radius 3 is 2.42 bits per heavy atom. The summed E-state index contributed by atoms with van der Waals surface area (Å²) in [7, 11) is 0. The number of furan rings is 2. The molecule has 0 bridgehead atoms. The lowest BCUT2D eigenvalue weighted by Gasteiger charge is -2.19. The van der Waals surface area contributed by atoms with Crippen LogP contribution in [0.15, 0.2) is 68.1 Å². The van der Waals surface area contributed by atoms with Crippen molar-refractivity contribution in [2.24, 2.45) is 0 Å². The fourth-order valence-electron chi connectivity index (χ4n) is 2.61. The van der Waals surface area contributed by atoms with Crippen molar-refractivity contribution >= 4 is 16.3 Å². The van der Waals surface area contributed by atoms with Crippen molar-refractivity contribution in [3.8, 4) is 0 Å². The highest BCUT2D eigenvalue weighted by atomic mass is 32.1. The van der Waals surface area contributed by atoms with Gasteiger partial charge in [-0.05, 0) is 24.3 Å². The Labute approximate surface area is 141 Å². The van der Waals surface area contributed by atoms with Gasteiger partial charge in [0.25, 0.3) is 5.56 Å². The highest BCUT2D eigenvalue weighted by Crippen LogP contribution is 2.15. The third kappa shape index (κ3) is 3.17. The summed E-state index contributed by atoms with van der Waals surface area (Å²) in [6.45, 7) is 1.75. The quantitative estimate of drug-likeness (QED) is 0.539. The number of hydrogen-bond donors (Lipinski definition) is 0. The van der Waals surface area contributed by atoms with Crippen LogP contribution in [0.2, 0.25) is 0 Å². The maximum Gasteiger partial charge on any atom is 0.258 e. The molecule has 0 saturated heterocycles. The minimum Gasteiger partial charge on any atom is -0.468 e. The monoisotopic (exact) mass is 341 g/mol. The summed E-state index contributed by atoms with van der Waals surface area (Å²) in [5.41, 5.74) is 0.674. The predicted molar refractivity (Wildman–Crippen MR) is 89.7 cm³/mol. The molecule has 4 aromatic rings. The van der Waals surface area contributed by atoms with Gasteiger partial charge in [-0.2, -0.15) is 0 Å². The summed E-state index contributed by atoms with van der Waals surface area (Å²) in [5.74, 6) is 1.71. The molecule has 0 aliphatic rings. The highest BCUT2D eigenvalue weighted by Gasteiger charge is 2.13. The summed E-state index contributed by atoms with van der Waals surface area (Å²) in [6.07, 6.45) is 5.05. The molecule has 0 atom stereocenters. The van der Waals surface area contributed by atoms with E-state index in [0.29, 0.717) is 24.6 Å².